The number of fused-ring (bicyclic) bond motifs is 1. The normalized spacial score (nSPS) is 10.4. The summed E-state index contributed by atoms with van der Waals surface area (Å²) in [6.45, 7) is 0. The maximum absolute atomic E-state index is 11.3. The first-order chi connectivity index (χ1) is 7.11. The molecule has 0 saturated heterocycles. The monoisotopic (exact) mass is 206 g/mol. The van der Waals surface area contributed by atoms with E-state index in [1.807, 2.05) is 0 Å². The van der Waals surface area contributed by atoms with Gasteiger partial charge in [0.05, 0.1) is 15.7 Å². The zero-order valence-corrected chi connectivity index (χ0v) is 7.43. The molecule has 2 rings (SSSR count). The summed E-state index contributed by atoms with van der Waals surface area (Å²) in [5.74, 6) is -0.446. The molecule has 2 N–H and O–H groups in total. The highest BCUT2D eigenvalue weighted by Crippen LogP contribution is 2.32. The fourth-order valence-electron chi connectivity index (χ4n) is 1.43. The maximum atomic E-state index is 11.3. The third kappa shape index (κ3) is 1.32. The summed E-state index contributed by atoms with van der Waals surface area (Å²) in [5, 5.41) is 20.3. The third-order valence-corrected chi connectivity index (χ3v) is 2.09. The molecule has 0 bridgehead atoms. The van der Waals surface area contributed by atoms with Gasteiger partial charge in [0.2, 0.25) is 0 Å². The van der Waals surface area contributed by atoms with Gasteiger partial charge in [-0.25, -0.2) is 0 Å². The lowest BCUT2D eigenvalue weighted by Crippen LogP contribution is -2.05. The van der Waals surface area contributed by atoms with Gasteiger partial charge in [-0.05, 0) is 18.2 Å². The van der Waals surface area contributed by atoms with Crippen LogP contribution < -0.4 is 5.56 Å². The van der Waals surface area contributed by atoms with Crippen molar-refractivity contribution in [1.29, 1.82) is 0 Å². The van der Waals surface area contributed by atoms with Crippen LogP contribution in [0.25, 0.3) is 10.8 Å². The van der Waals surface area contributed by atoms with Gasteiger partial charge < -0.3 is 10.1 Å². The number of aromatic amines is 1. The van der Waals surface area contributed by atoms with Crippen molar-refractivity contribution in [1.82, 2.24) is 4.98 Å². The Hall–Kier alpha value is -2.37. The van der Waals surface area contributed by atoms with Gasteiger partial charge in [-0.1, -0.05) is 0 Å². The largest absolute Gasteiger partial charge is 0.502 e. The number of nitrogens with one attached hydrogen (secondary N) is 1. The second kappa shape index (κ2) is 3.09. The lowest BCUT2D eigenvalue weighted by Gasteiger charge is -1.99. The van der Waals surface area contributed by atoms with E-state index in [2.05, 4.69) is 4.98 Å². The second-order valence-electron chi connectivity index (χ2n) is 2.96. The molecule has 6 heteroatoms. The van der Waals surface area contributed by atoms with Crippen molar-refractivity contribution in [3.8, 4) is 5.75 Å². The maximum Gasteiger partial charge on any atom is 0.318 e. The third-order valence-electron chi connectivity index (χ3n) is 2.09. The molecule has 0 saturated carbocycles. The molecule has 76 valence electrons. The van der Waals surface area contributed by atoms with Gasteiger partial charge in [-0.15, -0.1) is 0 Å². The Bertz CT molecular complexity index is 603. The second-order valence-corrected chi connectivity index (χ2v) is 2.96. The molecule has 1 aromatic carbocycles. The van der Waals surface area contributed by atoms with E-state index >= 15 is 0 Å². The minimum atomic E-state index is -0.711. The van der Waals surface area contributed by atoms with Crippen LogP contribution in [0, 0.1) is 10.1 Å². The SMILES string of the molecule is O=c1[nH]ccc2c([N+](=O)[O-])c(O)ccc12. The molecule has 0 unspecified atom stereocenters. The van der Waals surface area contributed by atoms with Crippen LogP contribution in [0.5, 0.6) is 5.75 Å². The van der Waals surface area contributed by atoms with Gasteiger partial charge in [0, 0.05) is 6.20 Å². The molecule has 0 aliphatic rings. The molecule has 6 nitrogen and oxygen atoms in total. The topological polar surface area (TPSA) is 96.2 Å². The van der Waals surface area contributed by atoms with Crippen molar-refractivity contribution in [3.63, 3.8) is 0 Å². The first-order valence-corrected chi connectivity index (χ1v) is 4.09. The first kappa shape index (κ1) is 9.20. The average Bonchev–Trinajstić information content (AvgIpc) is 2.17. The number of pyridine rings is 1. The molecular weight excluding hydrogens is 200 g/mol. The lowest BCUT2D eigenvalue weighted by atomic mass is 10.1. The van der Waals surface area contributed by atoms with Crippen molar-refractivity contribution in [2.45, 2.75) is 0 Å². The summed E-state index contributed by atoms with van der Waals surface area (Å²) in [4.78, 5) is 23.7. The van der Waals surface area contributed by atoms with Crippen molar-refractivity contribution in [3.05, 3.63) is 44.9 Å². The number of nitro benzene ring substituents is 1. The summed E-state index contributed by atoms with van der Waals surface area (Å²) in [6.07, 6.45) is 1.30. The number of rotatable bonds is 1. The molecule has 0 spiro atoms. The smallest absolute Gasteiger partial charge is 0.318 e. The van der Waals surface area contributed by atoms with E-state index < -0.39 is 21.9 Å². The number of phenols is 1. The van der Waals surface area contributed by atoms with Crippen LogP contribution in [-0.4, -0.2) is 15.0 Å². The van der Waals surface area contributed by atoms with Crippen molar-refractivity contribution < 1.29 is 10.0 Å². The minimum absolute atomic E-state index is 0.128. The van der Waals surface area contributed by atoms with Crippen molar-refractivity contribution >= 4 is 16.5 Å². The van der Waals surface area contributed by atoms with E-state index in [0.717, 1.165) is 6.07 Å². The number of hydrogen-bond acceptors (Lipinski definition) is 4. The summed E-state index contributed by atoms with van der Waals surface area (Å²) in [6, 6.07) is 3.86. The summed E-state index contributed by atoms with van der Waals surface area (Å²) in [5.41, 5.74) is -0.866. The Balaban J connectivity index is 3.01. The van der Waals surface area contributed by atoms with Gasteiger partial charge in [0.1, 0.15) is 0 Å². The van der Waals surface area contributed by atoms with Crippen LogP contribution in [-0.2, 0) is 0 Å². The van der Waals surface area contributed by atoms with Gasteiger partial charge in [-0.2, -0.15) is 0 Å². The molecule has 2 aromatic rings. The molecule has 0 aliphatic carbocycles. The van der Waals surface area contributed by atoms with Crippen molar-refractivity contribution in [2.75, 3.05) is 0 Å². The van der Waals surface area contributed by atoms with Crippen LogP contribution in [0.2, 0.25) is 0 Å². The lowest BCUT2D eigenvalue weighted by molar-refractivity contribution is -0.384. The van der Waals surface area contributed by atoms with Gasteiger partial charge >= 0.3 is 5.69 Å². The number of phenolic OH excluding ortho intramolecular Hbond substituents is 1. The van der Waals surface area contributed by atoms with E-state index in [4.69, 9.17) is 0 Å². The number of nitrogens with zero attached hydrogens (tertiary/aromatic N) is 1. The summed E-state index contributed by atoms with van der Waals surface area (Å²) in [7, 11) is 0. The van der Waals surface area contributed by atoms with Gasteiger partial charge in [0.15, 0.2) is 5.75 Å². The predicted octanol–water partition coefficient (Wildman–Crippen LogP) is 1.14. The first-order valence-electron chi connectivity index (χ1n) is 4.09. The van der Waals surface area contributed by atoms with Crippen LogP contribution in [0.4, 0.5) is 5.69 Å². The molecular formula is C9H6N2O4. The quantitative estimate of drug-likeness (QED) is 0.540. The van der Waals surface area contributed by atoms with E-state index in [-0.39, 0.29) is 10.8 Å². The van der Waals surface area contributed by atoms with E-state index in [9.17, 15) is 20.0 Å². The minimum Gasteiger partial charge on any atom is -0.502 e. The Morgan fingerprint density at radius 2 is 2.00 bits per heavy atom. The number of aromatic nitrogens is 1. The average molecular weight is 206 g/mol. The molecule has 1 heterocycles. The van der Waals surface area contributed by atoms with Crippen molar-refractivity contribution in [2.24, 2.45) is 0 Å². The highest BCUT2D eigenvalue weighted by Gasteiger charge is 2.18. The predicted molar refractivity (Wildman–Crippen MR) is 52.9 cm³/mol. The molecule has 0 fully saturated rings. The molecule has 0 amide bonds. The number of aromatic hydroxyl groups is 1. The Morgan fingerprint density at radius 3 is 2.67 bits per heavy atom. The van der Waals surface area contributed by atoms with Crippen LogP contribution >= 0.6 is 0 Å². The van der Waals surface area contributed by atoms with E-state index in [1.54, 1.807) is 0 Å². The summed E-state index contributed by atoms with van der Waals surface area (Å²) < 4.78 is 0. The molecule has 1 aromatic heterocycles. The van der Waals surface area contributed by atoms with E-state index in [0.29, 0.717) is 0 Å². The van der Waals surface area contributed by atoms with Crippen LogP contribution in [0.3, 0.4) is 0 Å². The number of hydrogen-bond donors (Lipinski definition) is 2. The Kier molecular flexibility index (Phi) is 1.89. The summed E-state index contributed by atoms with van der Waals surface area (Å²) >= 11 is 0. The van der Waals surface area contributed by atoms with E-state index in [1.165, 1.54) is 18.3 Å². The molecule has 15 heavy (non-hydrogen) atoms. The number of benzene rings is 1. The molecule has 0 aliphatic heterocycles. The zero-order valence-electron chi connectivity index (χ0n) is 7.43. The number of nitro groups is 1. The van der Waals surface area contributed by atoms with Gasteiger partial charge in [0.25, 0.3) is 5.56 Å². The molecule has 0 radical (unpaired) electrons. The fourth-order valence-corrected chi connectivity index (χ4v) is 1.43. The highest BCUT2D eigenvalue weighted by atomic mass is 16.6. The number of H-pyrrole nitrogens is 1. The Labute approximate surface area is 82.9 Å². The van der Waals surface area contributed by atoms with Gasteiger partial charge in [-0.3, -0.25) is 14.9 Å². The Morgan fingerprint density at radius 1 is 1.27 bits per heavy atom. The van der Waals surface area contributed by atoms with Crippen LogP contribution in [0.1, 0.15) is 0 Å². The highest BCUT2D eigenvalue weighted by molar-refractivity contribution is 5.92. The fraction of sp³-hybridized carbons (Fsp3) is 0. The standard InChI is InChI=1S/C9H6N2O4/c12-7-2-1-6-5(8(7)11(14)15)3-4-10-9(6)13/h1-4,12H,(H,10,13). The zero-order chi connectivity index (χ0) is 11.0. The molecule has 0 atom stereocenters. The van der Waals surface area contributed by atoms with Crippen LogP contribution in [0.15, 0.2) is 29.2 Å².